The van der Waals surface area contributed by atoms with Gasteiger partial charge >= 0.3 is 5.97 Å². The minimum absolute atomic E-state index is 0.308. The minimum Gasteiger partial charge on any atom is -0.462 e. The second-order valence-corrected chi connectivity index (χ2v) is 5.69. The Hall–Kier alpha value is -1.71. The first kappa shape index (κ1) is 15.7. The van der Waals surface area contributed by atoms with Crippen molar-refractivity contribution in [2.45, 2.75) is 39.5 Å². The van der Waals surface area contributed by atoms with E-state index in [2.05, 4.69) is 11.8 Å². The van der Waals surface area contributed by atoms with Crippen LogP contribution in [-0.4, -0.2) is 25.7 Å². The van der Waals surface area contributed by atoms with Crippen LogP contribution >= 0.6 is 0 Å². The van der Waals surface area contributed by atoms with Crippen LogP contribution in [0, 0.1) is 5.92 Å². The smallest absolute Gasteiger partial charge is 0.338 e. The summed E-state index contributed by atoms with van der Waals surface area (Å²) in [5.41, 5.74) is 8.39. The average molecular weight is 290 g/mol. The van der Waals surface area contributed by atoms with E-state index in [0.29, 0.717) is 17.9 Å². The van der Waals surface area contributed by atoms with Crippen LogP contribution < -0.4 is 10.6 Å². The lowest BCUT2D eigenvalue weighted by Gasteiger charge is -2.24. The van der Waals surface area contributed by atoms with Crippen LogP contribution in [0.1, 0.15) is 49.9 Å². The molecule has 1 saturated heterocycles. The first-order valence-corrected chi connectivity index (χ1v) is 7.97. The molecule has 116 valence electrons. The first-order chi connectivity index (χ1) is 10.2. The number of esters is 1. The number of hydrogen-bond acceptors (Lipinski definition) is 4. The molecule has 4 heteroatoms. The van der Waals surface area contributed by atoms with Crippen LogP contribution in [0.2, 0.25) is 0 Å². The van der Waals surface area contributed by atoms with Crippen molar-refractivity contribution in [3.63, 3.8) is 0 Å². The summed E-state index contributed by atoms with van der Waals surface area (Å²) in [5.74, 6) is 0.521. The minimum atomic E-state index is -0.308. The molecular weight excluding hydrogens is 264 g/mol. The van der Waals surface area contributed by atoms with Gasteiger partial charge in [0.2, 0.25) is 0 Å². The Kier molecular flexibility index (Phi) is 5.48. The Morgan fingerprint density at radius 1 is 1.33 bits per heavy atom. The lowest BCUT2D eigenvalue weighted by molar-refractivity contribution is 0.0526. The van der Waals surface area contributed by atoms with Crippen LogP contribution in [0.3, 0.4) is 0 Å². The van der Waals surface area contributed by atoms with Gasteiger partial charge in [-0.05, 0) is 50.3 Å². The molecule has 0 aromatic heterocycles. The molecule has 0 saturated carbocycles. The summed E-state index contributed by atoms with van der Waals surface area (Å²) in [6.07, 6.45) is 4.98. The zero-order chi connectivity index (χ0) is 15.2. The number of carbonyl (C=O) groups excluding carboxylic acids is 1. The summed E-state index contributed by atoms with van der Waals surface area (Å²) in [4.78, 5) is 14.1. The molecule has 1 aromatic rings. The highest BCUT2D eigenvalue weighted by Gasteiger charge is 2.18. The molecular formula is C17H26N2O2. The molecule has 1 unspecified atom stereocenters. The highest BCUT2D eigenvalue weighted by Crippen LogP contribution is 2.29. The Labute approximate surface area is 127 Å². The molecule has 0 bridgehead atoms. The van der Waals surface area contributed by atoms with Gasteiger partial charge in [-0.25, -0.2) is 4.79 Å². The number of carbonyl (C=O) groups is 1. The Morgan fingerprint density at radius 3 is 2.81 bits per heavy atom. The Balaban J connectivity index is 2.11. The van der Waals surface area contributed by atoms with Gasteiger partial charge in [-0.15, -0.1) is 0 Å². The van der Waals surface area contributed by atoms with Crippen LogP contribution in [-0.2, 0) is 4.74 Å². The summed E-state index contributed by atoms with van der Waals surface area (Å²) in [5, 5.41) is 0. The molecule has 0 radical (unpaired) electrons. The number of rotatable bonds is 4. The molecule has 0 aliphatic carbocycles. The van der Waals surface area contributed by atoms with E-state index in [1.165, 1.54) is 25.7 Å². The number of nitrogen functional groups attached to an aromatic ring is 1. The fourth-order valence-electron chi connectivity index (χ4n) is 3.00. The maximum Gasteiger partial charge on any atom is 0.338 e. The van der Waals surface area contributed by atoms with Crippen LogP contribution in [0.15, 0.2) is 18.2 Å². The number of nitrogens with zero attached hydrogens (tertiary/aromatic N) is 1. The summed E-state index contributed by atoms with van der Waals surface area (Å²) in [6.45, 7) is 6.53. The van der Waals surface area contributed by atoms with Gasteiger partial charge in [0.1, 0.15) is 0 Å². The van der Waals surface area contributed by atoms with Gasteiger partial charge in [-0.1, -0.05) is 13.3 Å². The maximum atomic E-state index is 11.7. The molecule has 1 heterocycles. The molecule has 4 nitrogen and oxygen atoms in total. The maximum absolute atomic E-state index is 11.7. The molecule has 1 aromatic carbocycles. The topological polar surface area (TPSA) is 55.6 Å². The zero-order valence-electron chi connectivity index (χ0n) is 13.1. The van der Waals surface area contributed by atoms with Crippen molar-refractivity contribution in [1.29, 1.82) is 0 Å². The van der Waals surface area contributed by atoms with E-state index in [4.69, 9.17) is 10.5 Å². The number of ether oxygens (including phenoxy) is 1. The van der Waals surface area contributed by atoms with Crippen LogP contribution in [0.4, 0.5) is 11.4 Å². The van der Waals surface area contributed by atoms with Crippen molar-refractivity contribution < 1.29 is 9.53 Å². The van der Waals surface area contributed by atoms with Crippen molar-refractivity contribution >= 4 is 17.3 Å². The fourth-order valence-corrected chi connectivity index (χ4v) is 3.00. The Bertz CT molecular complexity index is 488. The second kappa shape index (κ2) is 7.34. The normalized spacial score (nSPS) is 19.1. The molecule has 0 spiro atoms. The molecule has 21 heavy (non-hydrogen) atoms. The van der Waals surface area contributed by atoms with Crippen molar-refractivity contribution in [3.05, 3.63) is 23.8 Å². The Morgan fingerprint density at radius 2 is 2.14 bits per heavy atom. The van der Waals surface area contributed by atoms with E-state index >= 15 is 0 Å². The lowest BCUT2D eigenvalue weighted by Crippen LogP contribution is -2.25. The predicted octanol–water partition coefficient (Wildman–Crippen LogP) is 3.46. The third-order valence-electron chi connectivity index (χ3n) is 4.30. The summed E-state index contributed by atoms with van der Waals surface area (Å²) >= 11 is 0. The number of nitrogens with two attached hydrogens (primary N) is 1. The molecule has 1 aliphatic rings. The van der Waals surface area contributed by atoms with E-state index in [0.717, 1.165) is 24.7 Å². The number of benzene rings is 1. The van der Waals surface area contributed by atoms with Crippen molar-refractivity contribution in [1.82, 2.24) is 0 Å². The molecule has 2 rings (SSSR count). The molecule has 1 fully saturated rings. The lowest BCUT2D eigenvalue weighted by atomic mass is 9.98. The van der Waals surface area contributed by atoms with E-state index in [-0.39, 0.29) is 5.97 Å². The standard InChI is InChI=1S/C17H26N2O2/c1-3-13-6-5-10-19(11-9-13)16-8-7-14(12-15(16)18)17(20)21-4-2/h7-8,12-13H,3-6,9-11,18H2,1-2H3. The zero-order valence-corrected chi connectivity index (χ0v) is 13.1. The fraction of sp³-hybridized carbons (Fsp3) is 0.588. The van der Waals surface area contributed by atoms with Gasteiger partial charge in [0.25, 0.3) is 0 Å². The van der Waals surface area contributed by atoms with Crippen molar-refractivity contribution in [2.24, 2.45) is 5.92 Å². The third-order valence-corrected chi connectivity index (χ3v) is 4.30. The largest absolute Gasteiger partial charge is 0.462 e. The van der Waals surface area contributed by atoms with E-state index in [9.17, 15) is 4.79 Å². The van der Waals surface area contributed by atoms with Crippen molar-refractivity contribution in [3.8, 4) is 0 Å². The highest BCUT2D eigenvalue weighted by atomic mass is 16.5. The first-order valence-electron chi connectivity index (χ1n) is 7.97. The van der Waals surface area contributed by atoms with E-state index in [1.807, 2.05) is 12.1 Å². The van der Waals surface area contributed by atoms with Gasteiger partial charge in [-0.2, -0.15) is 0 Å². The summed E-state index contributed by atoms with van der Waals surface area (Å²) in [7, 11) is 0. The summed E-state index contributed by atoms with van der Waals surface area (Å²) in [6, 6.07) is 5.50. The summed E-state index contributed by atoms with van der Waals surface area (Å²) < 4.78 is 5.01. The molecule has 1 atom stereocenters. The van der Waals surface area contributed by atoms with Gasteiger partial charge in [0.15, 0.2) is 0 Å². The van der Waals surface area contributed by atoms with Gasteiger partial charge in [0.05, 0.1) is 23.5 Å². The van der Waals surface area contributed by atoms with Crippen LogP contribution in [0.25, 0.3) is 0 Å². The average Bonchev–Trinajstić information content (AvgIpc) is 2.72. The molecule has 1 aliphatic heterocycles. The number of hydrogen-bond donors (Lipinski definition) is 1. The van der Waals surface area contributed by atoms with Crippen molar-refractivity contribution in [2.75, 3.05) is 30.3 Å². The van der Waals surface area contributed by atoms with Gasteiger partial charge in [-0.3, -0.25) is 0 Å². The highest BCUT2D eigenvalue weighted by molar-refractivity contribution is 5.92. The van der Waals surface area contributed by atoms with Crippen LogP contribution in [0.5, 0.6) is 0 Å². The van der Waals surface area contributed by atoms with E-state index < -0.39 is 0 Å². The molecule has 0 amide bonds. The molecule has 2 N–H and O–H groups in total. The van der Waals surface area contributed by atoms with Gasteiger partial charge < -0.3 is 15.4 Å². The quantitative estimate of drug-likeness (QED) is 0.681. The van der Waals surface area contributed by atoms with Gasteiger partial charge in [0, 0.05) is 13.1 Å². The second-order valence-electron chi connectivity index (χ2n) is 5.69. The number of anilines is 2. The SMILES string of the molecule is CCOC(=O)c1ccc(N2CCCC(CC)CC2)c(N)c1. The third kappa shape index (κ3) is 3.90. The van der Waals surface area contributed by atoms with E-state index in [1.54, 1.807) is 13.0 Å². The predicted molar refractivity (Wildman–Crippen MR) is 86.7 cm³/mol. The monoisotopic (exact) mass is 290 g/mol.